The van der Waals surface area contributed by atoms with Crippen LogP contribution >= 0.6 is 0 Å². The maximum Gasteiger partial charge on any atom is 0.227 e. The molecule has 2 heterocycles. The van der Waals surface area contributed by atoms with Crippen LogP contribution in [0.5, 0.6) is 0 Å². The molecule has 1 aromatic heterocycles. The van der Waals surface area contributed by atoms with Gasteiger partial charge in [-0.3, -0.25) is 9.59 Å². The Hall–Kier alpha value is -3.74. The van der Waals surface area contributed by atoms with Gasteiger partial charge >= 0.3 is 0 Å². The zero-order valence-electron chi connectivity index (χ0n) is 21.1. The van der Waals surface area contributed by atoms with Gasteiger partial charge in [0, 0.05) is 46.8 Å². The number of fused-ring (bicyclic) bond motifs is 2. The van der Waals surface area contributed by atoms with Crippen LogP contribution in [0.1, 0.15) is 65.8 Å². The van der Waals surface area contributed by atoms with E-state index in [4.69, 9.17) is 11.5 Å². The molecule has 3 aromatic carbocycles. The Balaban J connectivity index is 0.00000148. The fourth-order valence-corrected chi connectivity index (χ4v) is 4.85. The predicted molar refractivity (Wildman–Crippen MR) is 146 cm³/mol. The van der Waals surface area contributed by atoms with Gasteiger partial charge in [0.2, 0.25) is 5.91 Å². The lowest BCUT2D eigenvalue weighted by atomic mass is 9.93. The number of nitrogens with zero attached hydrogens (tertiary/aromatic N) is 1. The van der Waals surface area contributed by atoms with Crippen molar-refractivity contribution in [1.29, 1.82) is 0 Å². The molecule has 1 aliphatic rings. The molecule has 6 heteroatoms. The van der Waals surface area contributed by atoms with E-state index < -0.39 is 0 Å². The highest BCUT2D eigenvalue weighted by Gasteiger charge is 2.30. The number of aryl methyl sites for hydroxylation is 1. The van der Waals surface area contributed by atoms with Crippen molar-refractivity contribution in [2.45, 2.75) is 52.2 Å². The van der Waals surface area contributed by atoms with Crippen molar-refractivity contribution in [3.63, 3.8) is 0 Å². The Kier molecular flexibility index (Phi) is 7.67. The number of aromatic nitrogens is 1. The van der Waals surface area contributed by atoms with E-state index in [-0.39, 0.29) is 23.9 Å². The van der Waals surface area contributed by atoms with E-state index >= 15 is 0 Å². The van der Waals surface area contributed by atoms with E-state index in [9.17, 15) is 9.59 Å². The molecule has 4 aromatic rings. The minimum Gasteiger partial charge on any atom is -0.360 e. The number of carbonyl (C=O) groups is 2. The molecule has 1 aliphatic heterocycles. The van der Waals surface area contributed by atoms with E-state index in [1.54, 1.807) is 6.20 Å². The fourth-order valence-electron chi connectivity index (χ4n) is 4.85. The molecular formula is C30H34N4O2. The highest BCUT2D eigenvalue weighted by atomic mass is 16.2. The van der Waals surface area contributed by atoms with Crippen LogP contribution < -0.4 is 16.4 Å². The van der Waals surface area contributed by atoms with Crippen molar-refractivity contribution in [3.05, 3.63) is 101 Å². The smallest absolute Gasteiger partial charge is 0.227 e. The van der Waals surface area contributed by atoms with Crippen LogP contribution in [0.2, 0.25) is 0 Å². The first-order chi connectivity index (χ1) is 17.4. The number of nitrogens with one attached hydrogen (secondary N) is 1. The third-order valence-electron chi connectivity index (χ3n) is 6.63. The van der Waals surface area contributed by atoms with Crippen molar-refractivity contribution < 1.29 is 9.59 Å². The SMILES string of the molecule is CC.CC(c1ccc(CC(N)N)cc1)N1C(=O)CCc2cc(C(=O)c3c[nH]c4ccccc34)ccc21. The number of ketones is 1. The maximum absolute atomic E-state index is 13.3. The first-order valence-corrected chi connectivity index (χ1v) is 12.6. The molecule has 186 valence electrons. The molecule has 0 radical (unpaired) electrons. The van der Waals surface area contributed by atoms with E-state index in [0.29, 0.717) is 30.4 Å². The summed E-state index contributed by atoms with van der Waals surface area (Å²) in [6, 6.07) is 21.4. The molecule has 0 bridgehead atoms. The third-order valence-corrected chi connectivity index (χ3v) is 6.63. The molecule has 5 N–H and O–H groups in total. The maximum atomic E-state index is 13.3. The zero-order chi connectivity index (χ0) is 25.8. The second kappa shape index (κ2) is 10.9. The van der Waals surface area contributed by atoms with Crippen LogP contribution in [0.25, 0.3) is 10.9 Å². The van der Waals surface area contributed by atoms with Gasteiger partial charge in [0.25, 0.3) is 0 Å². The number of H-pyrrole nitrogens is 1. The first-order valence-electron chi connectivity index (χ1n) is 12.6. The van der Waals surface area contributed by atoms with Gasteiger partial charge in [-0.25, -0.2) is 0 Å². The normalized spacial score (nSPS) is 13.8. The number of aromatic amines is 1. The summed E-state index contributed by atoms with van der Waals surface area (Å²) in [4.78, 5) is 31.3. The average molecular weight is 483 g/mol. The Morgan fingerprint density at radius 3 is 2.44 bits per heavy atom. The van der Waals surface area contributed by atoms with Gasteiger partial charge in [0.05, 0.1) is 12.2 Å². The molecule has 1 atom stereocenters. The number of rotatable bonds is 6. The van der Waals surface area contributed by atoms with Crippen molar-refractivity contribution >= 4 is 28.3 Å². The standard InChI is InChI=1S/C28H28N4O2.C2H6/c1-17(19-8-6-18(7-9-19)14-26(29)30)32-25-12-10-21(15-20(25)11-13-27(32)33)28(34)23-16-31-24-5-3-2-4-22(23)24;1-2/h2-10,12,15-17,26,31H,11,13-14,29-30H2,1H3;1-2H3. The van der Waals surface area contributed by atoms with Crippen molar-refractivity contribution in [3.8, 4) is 0 Å². The Bertz CT molecular complexity index is 1370. The number of nitrogens with two attached hydrogens (primary N) is 2. The quantitative estimate of drug-likeness (QED) is 0.258. The molecule has 1 unspecified atom stereocenters. The molecular weight excluding hydrogens is 448 g/mol. The fraction of sp³-hybridized carbons (Fsp3) is 0.267. The van der Waals surface area contributed by atoms with Crippen molar-refractivity contribution in [1.82, 2.24) is 4.98 Å². The lowest BCUT2D eigenvalue weighted by Gasteiger charge is -2.35. The number of hydrogen-bond acceptors (Lipinski definition) is 4. The van der Waals surface area contributed by atoms with Crippen LogP contribution in [0.15, 0.2) is 72.9 Å². The van der Waals surface area contributed by atoms with E-state index in [1.165, 1.54) is 0 Å². The summed E-state index contributed by atoms with van der Waals surface area (Å²) in [6.45, 7) is 6.03. The summed E-state index contributed by atoms with van der Waals surface area (Å²) >= 11 is 0. The van der Waals surface area contributed by atoms with E-state index in [1.807, 2.05) is 92.4 Å². The van der Waals surface area contributed by atoms with Crippen LogP contribution in [-0.2, 0) is 17.6 Å². The highest BCUT2D eigenvalue weighted by molar-refractivity contribution is 6.16. The Labute approximate surface area is 212 Å². The number of amides is 1. The average Bonchev–Trinajstić information content (AvgIpc) is 3.33. The molecule has 0 fully saturated rings. The third kappa shape index (κ3) is 4.96. The first kappa shape index (κ1) is 25.4. The van der Waals surface area contributed by atoms with E-state index in [2.05, 4.69) is 4.98 Å². The van der Waals surface area contributed by atoms with Gasteiger partial charge in [-0.15, -0.1) is 0 Å². The van der Waals surface area contributed by atoms with Crippen LogP contribution in [0.3, 0.4) is 0 Å². The Morgan fingerprint density at radius 2 is 1.72 bits per heavy atom. The van der Waals surface area contributed by atoms with Gasteiger partial charge in [-0.2, -0.15) is 0 Å². The van der Waals surface area contributed by atoms with Gasteiger partial charge in [0.15, 0.2) is 5.78 Å². The van der Waals surface area contributed by atoms with Crippen LogP contribution in [-0.4, -0.2) is 22.8 Å². The highest BCUT2D eigenvalue weighted by Crippen LogP contribution is 2.36. The molecule has 6 nitrogen and oxygen atoms in total. The van der Waals surface area contributed by atoms with Crippen molar-refractivity contribution in [2.75, 3.05) is 4.90 Å². The van der Waals surface area contributed by atoms with Gasteiger partial charge in [-0.1, -0.05) is 56.3 Å². The van der Waals surface area contributed by atoms with Gasteiger partial charge in [-0.05, 0) is 54.3 Å². The molecule has 36 heavy (non-hydrogen) atoms. The number of anilines is 1. The predicted octanol–water partition coefficient (Wildman–Crippen LogP) is 5.25. The molecule has 0 spiro atoms. The largest absolute Gasteiger partial charge is 0.360 e. The van der Waals surface area contributed by atoms with E-state index in [0.717, 1.165) is 33.3 Å². The Morgan fingerprint density at radius 1 is 1.00 bits per heavy atom. The summed E-state index contributed by atoms with van der Waals surface area (Å²) in [5.74, 6) is 0.0641. The molecule has 0 aliphatic carbocycles. The van der Waals surface area contributed by atoms with Crippen LogP contribution in [0, 0.1) is 0 Å². The monoisotopic (exact) mass is 482 g/mol. The number of hydrogen-bond donors (Lipinski definition) is 3. The minimum absolute atomic E-state index is 0.0227. The minimum atomic E-state index is -0.389. The summed E-state index contributed by atoms with van der Waals surface area (Å²) in [5, 5.41) is 0.912. The lowest BCUT2D eigenvalue weighted by molar-refractivity contribution is -0.119. The molecule has 5 rings (SSSR count). The summed E-state index contributed by atoms with van der Waals surface area (Å²) in [7, 11) is 0. The second-order valence-electron chi connectivity index (χ2n) is 8.97. The lowest BCUT2D eigenvalue weighted by Crippen LogP contribution is -2.37. The summed E-state index contributed by atoms with van der Waals surface area (Å²) < 4.78 is 0. The number of benzene rings is 3. The van der Waals surface area contributed by atoms with Gasteiger partial charge in [0.1, 0.15) is 0 Å². The van der Waals surface area contributed by atoms with Gasteiger partial charge < -0.3 is 21.4 Å². The summed E-state index contributed by atoms with van der Waals surface area (Å²) in [6.07, 6.45) is 3.03. The number of carbonyl (C=O) groups excluding carboxylic acids is 2. The molecule has 0 saturated heterocycles. The second-order valence-corrected chi connectivity index (χ2v) is 8.97. The zero-order valence-corrected chi connectivity index (χ0v) is 21.1. The number of para-hydroxylation sites is 1. The molecule has 1 amide bonds. The van der Waals surface area contributed by atoms with Crippen LogP contribution in [0.4, 0.5) is 5.69 Å². The summed E-state index contributed by atoms with van der Waals surface area (Å²) in [5.41, 5.74) is 17.6. The topological polar surface area (TPSA) is 105 Å². The van der Waals surface area contributed by atoms with Crippen molar-refractivity contribution in [2.24, 2.45) is 11.5 Å². The molecule has 0 saturated carbocycles.